The van der Waals surface area contributed by atoms with Gasteiger partial charge < -0.3 is 10.2 Å². The van der Waals surface area contributed by atoms with Crippen LogP contribution in [0.15, 0.2) is 11.3 Å². The van der Waals surface area contributed by atoms with Gasteiger partial charge in [-0.2, -0.15) is 0 Å². The molecule has 0 amide bonds. The smallest absolute Gasteiger partial charge is 0.0311 e. The fraction of sp³-hybridized carbons (Fsp3) is 0.882. The molecule has 1 unspecified atom stereocenters. The summed E-state index contributed by atoms with van der Waals surface area (Å²) >= 11 is 6.18. The van der Waals surface area contributed by atoms with E-state index in [1.165, 1.54) is 19.3 Å². The van der Waals surface area contributed by atoms with E-state index < -0.39 is 0 Å². The van der Waals surface area contributed by atoms with Crippen molar-refractivity contribution in [1.29, 1.82) is 0 Å². The number of halogens is 1. The molecule has 0 aromatic carbocycles. The minimum atomic E-state index is 0.274. The third kappa shape index (κ3) is 6.49. The molecule has 1 heterocycles. The Labute approximate surface area is 130 Å². The van der Waals surface area contributed by atoms with E-state index in [4.69, 9.17) is 11.6 Å². The molecule has 118 valence electrons. The van der Waals surface area contributed by atoms with Crippen LogP contribution >= 0.6 is 11.6 Å². The lowest BCUT2D eigenvalue weighted by Gasteiger charge is -2.34. The van der Waals surface area contributed by atoms with E-state index in [1.54, 1.807) is 11.3 Å². The largest absolute Gasteiger partial charge is 0.372 e. The Morgan fingerprint density at radius 2 is 1.75 bits per heavy atom. The first-order valence-electron chi connectivity index (χ1n) is 8.35. The summed E-state index contributed by atoms with van der Waals surface area (Å²) < 4.78 is 0. The molecule has 1 rings (SSSR count). The zero-order valence-electron chi connectivity index (χ0n) is 13.8. The van der Waals surface area contributed by atoms with Crippen molar-refractivity contribution in [3.63, 3.8) is 0 Å². The Kier molecular flexibility index (Phi) is 8.63. The number of hydrogen-bond acceptors (Lipinski definition) is 2. The molecule has 0 spiro atoms. The highest BCUT2D eigenvalue weighted by atomic mass is 35.5. The highest BCUT2D eigenvalue weighted by Gasteiger charge is 2.17. The topological polar surface area (TPSA) is 15.3 Å². The monoisotopic (exact) mass is 300 g/mol. The number of hydrogen-bond donors (Lipinski definition) is 1. The van der Waals surface area contributed by atoms with Crippen LogP contribution in [-0.4, -0.2) is 36.5 Å². The molecule has 0 aromatic rings. The van der Waals surface area contributed by atoms with Crippen LogP contribution in [0.3, 0.4) is 0 Å². The van der Waals surface area contributed by atoms with E-state index >= 15 is 0 Å². The summed E-state index contributed by atoms with van der Waals surface area (Å²) in [5, 5.41) is 3.73. The van der Waals surface area contributed by atoms with Crippen molar-refractivity contribution < 1.29 is 0 Å². The molecular weight excluding hydrogens is 268 g/mol. The Hall–Kier alpha value is -0.210. The maximum Gasteiger partial charge on any atom is 0.0311 e. The lowest BCUT2D eigenvalue weighted by atomic mass is 9.96. The molecule has 0 aliphatic carbocycles. The van der Waals surface area contributed by atoms with Crippen molar-refractivity contribution in [2.45, 2.75) is 65.2 Å². The highest BCUT2D eigenvalue weighted by molar-refractivity contribution is 6.20. The normalized spacial score (nSPS) is 19.2. The van der Waals surface area contributed by atoms with Crippen molar-refractivity contribution >= 4 is 11.6 Å². The number of nitrogens with zero attached hydrogens (tertiary/aromatic N) is 1. The Morgan fingerprint density at radius 1 is 1.10 bits per heavy atom. The van der Waals surface area contributed by atoms with E-state index in [9.17, 15) is 0 Å². The van der Waals surface area contributed by atoms with E-state index in [1.807, 2.05) is 0 Å². The van der Waals surface area contributed by atoms with Gasteiger partial charge in [0.15, 0.2) is 0 Å². The van der Waals surface area contributed by atoms with Gasteiger partial charge in [-0.25, -0.2) is 0 Å². The van der Waals surface area contributed by atoms with Crippen LogP contribution in [0.1, 0.15) is 59.8 Å². The molecule has 1 aliphatic heterocycles. The molecular formula is C17H33ClN2. The quantitative estimate of drug-likeness (QED) is 0.668. The Balaban J connectivity index is 2.79. The van der Waals surface area contributed by atoms with Crippen LogP contribution in [0.4, 0.5) is 0 Å². The second-order valence-corrected chi connectivity index (χ2v) is 7.14. The maximum atomic E-state index is 6.18. The lowest BCUT2D eigenvalue weighted by Crippen LogP contribution is -2.43. The fourth-order valence-electron chi connectivity index (χ4n) is 2.82. The van der Waals surface area contributed by atoms with E-state index in [0.29, 0.717) is 0 Å². The average Bonchev–Trinajstić information content (AvgIpc) is 2.42. The summed E-state index contributed by atoms with van der Waals surface area (Å²) in [6.07, 6.45) is 5.97. The minimum absolute atomic E-state index is 0.274. The molecule has 0 bridgehead atoms. The average molecular weight is 301 g/mol. The van der Waals surface area contributed by atoms with Crippen molar-refractivity contribution in [2.75, 3.05) is 26.2 Å². The van der Waals surface area contributed by atoms with Gasteiger partial charge in [0, 0.05) is 37.3 Å². The van der Waals surface area contributed by atoms with Gasteiger partial charge in [0.2, 0.25) is 0 Å². The zero-order chi connectivity index (χ0) is 15.0. The summed E-state index contributed by atoms with van der Waals surface area (Å²) in [4.78, 5) is 2.61. The molecule has 0 saturated carbocycles. The third-order valence-corrected chi connectivity index (χ3v) is 4.35. The van der Waals surface area contributed by atoms with Gasteiger partial charge in [-0.15, -0.1) is 11.6 Å². The highest BCUT2D eigenvalue weighted by Crippen LogP contribution is 2.26. The Bertz CT molecular complexity index is 291. The summed E-state index contributed by atoms with van der Waals surface area (Å²) in [6, 6.07) is 0. The summed E-state index contributed by atoms with van der Waals surface area (Å²) in [5.41, 5.74) is 3.26. The van der Waals surface area contributed by atoms with Gasteiger partial charge in [0.25, 0.3) is 0 Å². The maximum absolute atomic E-state index is 6.18. The molecule has 1 aliphatic rings. The van der Waals surface area contributed by atoms with E-state index in [-0.39, 0.29) is 5.38 Å². The van der Waals surface area contributed by atoms with Gasteiger partial charge in [-0.3, -0.25) is 0 Å². The molecule has 1 fully saturated rings. The van der Waals surface area contributed by atoms with E-state index in [2.05, 4.69) is 37.9 Å². The van der Waals surface area contributed by atoms with Crippen LogP contribution in [0.25, 0.3) is 0 Å². The van der Waals surface area contributed by atoms with Crippen molar-refractivity contribution in [3.8, 4) is 0 Å². The number of nitrogens with one attached hydrogen (secondary N) is 1. The predicted molar refractivity (Wildman–Crippen MR) is 90.4 cm³/mol. The standard InChI is InChI=1S/C17H33ClN2/c1-5-16(8-6-14(2)3)17(9-7-15(4)18)20-12-10-19-11-13-20/h14-15,19H,5-13H2,1-4H3/b17-16-. The number of piperazine rings is 1. The number of allylic oxidation sites excluding steroid dienone is 2. The van der Waals surface area contributed by atoms with Crippen LogP contribution < -0.4 is 5.32 Å². The zero-order valence-corrected chi connectivity index (χ0v) is 14.6. The van der Waals surface area contributed by atoms with Crippen molar-refractivity contribution in [2.24, 2.45) is 5.92 Å². The predicted octanol–water partition coefficient (Wildman–Crippen LogP) is 4.40. The first-order valence-corrected chi connectivity index (χ1v) is 8.78. The van der Waals surface area contributed by atoms with Crippen LogP contribution in [0, 0.1) is 5.92 Å². The number of alkyl halides is 1. The number of rotatable bonds is 8. The second kappa shape index (κ2) is 9.68. The molecule has 20 heavy (non-hydrogen) atoms. The summed E-state index contributed by atoms with van der Waals surface area (Å²) in [5.74, 6) is 0.785. The summed E-state index contributed by atoms with van der Waals surface area (Å²) in [6.45, 7) is 13.6. The van der Waals surface area contributed by atoms with Gasteiger partial charge in [0.05, 0.1) is 0 Å². The molecule has 1 atom stereocenters. The van der Waals surface area contributed by atoms with Crippen LogP contribution in [-0.2, 0) is 0 Å². The SMILES string of the molecule is CC/C(CCC(C)C)=C(\CCC(C)Cl)N1CCNCC1. The molecule has 2 nitrogen and oxygen atoms in total. The second-order valence-electron chi connectivity index (χ2n) is 6.39. The fourth-order valence-corrected chi connectivity index (χ4v) is 2.93. The molecule has 0 radical (unpaired) electrons. The third-order valence-electron chi connectivity index (χ3n) is 4.14. The lowest BCUT2D eigenvalue weighted by molar-refractivity contribution is 0.283. The molecule has 1 saturated heterocycles. The van der Waals surface area contributed by atoms with Crippen LogP contribution in [0.2, 0.25) is 0 Å². The van der Waals surface area contributed by atoms with Gasteiger partial charge in [-0.1, -0.05) is 26.3 Å². The van der Waals surface area contributed by atoms with Crippen LogP contribution in [0.5, 0.6) is 0 Å². The Morgan fingerprint density at radius 3 is 2.25 bits per heavy atom. The van der Waals surface area contributed by atoms with Gasteiger partial charge in [0.1, 0.15) is 0 Å². The van der Waals surface area contributed by atoms with Crippen molar-refractivity contribution in [3.05, 3.63) is 11.3 Å². The summed E-state index contributed by atoms with van der Waals surface area (Å²) in [7, 11) is 0. The van der Waals surface area contributed by atoms with Gasteiger partial charge in [-0.05, 0) is 44.9 Å². The van der Waals surface area contributed by atoms with Crippen molar-refractivity contribution in [1.82, 2.24) is 10.2 Å². The first-order chi connectivity index (χ1) is 9.54. The molecule has 3 heteroatoms. The molecule has 0 aromatic heterocycles. The van der Waals surface area contributed by atoms with E-state index in [0.717, 1.165) is 44.9 Å². The van der Waals surface area contributed by atoms with Gasteiger partial charge >= 0.3 is 0 Å². The first kappa shape index (κ1) is 17.8. The minimum Gasteiger partial charge on any atom is -0.372 e. The molecule has 1 N–H and O–H groups in total.